The molecule has 0 bridgehead atoms. The van der Waals surface area contributed by atoms with Crippen LogP contribution in [0.4, 0.5) is 0 Å². The molecule has 0 aromatic rings. The minimum Gasteiger partial charge on any atom is -0.394 e. The summed E-state index contributed by atoms with van der Waals surface area (Å²) in [5.41, 5.74) is 0. The maximum absolute atomic E-state index is 9.20. The third-order valence-electron chi connectivity index (χ3n) is 4.20. The van der Waals surface area contributed by atoms with E-state index in [1.807, 2.05) is 0 Å². The van der Waals surface area contributed by atoms with Crippen LogP contribution in [0, 0.1) is 0 Å². The molecule has 0 rings (SSSR count). The first-order valence-corrected chi connectivity index (χ1v) is 9.79. The van der Waals surface area contributed by atoms with Gasteiger partial charge in [0.2, 0.25) is 0 Å². The molecule has 0 aliphatic heterocycles. The summed E-state index contributed by atoms with van der Waals surface area (Å²) in [6, 6.07) is 0. The summed E-state index contributed by atoms with van der Waals surface area (Å²) in [7, 11) is 1.67. The first-order chi connectivity index (χ1) is 11.7. The quantitative estimate of drug-likeness (QED) is 0.288. The maximum Gasteiger partial charge on any atom is 0.100 e. The maximum atomic E-state index is 9.20. The molecular formula is C20H40O4. The van der Waals surface area contributed by atoms with Gasteiger partial charge in [-0.2, -0.15) is 0 Å². The molecule has 2 N–H and O–H groups in total. The minimum atomic E-state index is -0.801. The second kappa shape index (κ2) is 18.9. The standard InChI is InChI=1S/C20H40O4/c1-3-4-5-6-7-8-9-10-11-12-13-14-15-20(23-2)18-24-17-19(22)16-21/h13-14,19-22H,3-12,15-18H2,1-2H3/b14-13+/t19?,20-/m1/s1. The molecule has 0 saturated carbocycles. The van der Waals surface area contributed by atoms with Crippen LogP contribution in [0.15, 0.2) is 12.2 Å². The lowest BCUT2D eigenvalue weighted by molar-refractivity contribution is -0.0345. The Morgan fingerprint density at radius 3 is 2.08 bits per heavy atom. The van der Waals surface area contributed by atoms with Crippen LogP contribution in [0.25, 0.3) is 0 Å². The van der Waals surface area contributed by atoms with Gasteiger partial charge in [0.05, 0.1) is 25.9 Å². The first-order valence-electron chi connectivity index (χ1n) is 9.79. The van der Waals surface area contributed by atoms with Gasteiger partial charge in [-0.05, 0) is 19.3 Å². The lowest BCUT2D eigenvalue weighted by atomic mass is 10.1. The fraction of sp³-hybridized carbons (Fsp3) is 0.900. The number of hydrogen-bond donors (Lipinski definition) is 2. The van der Waals surface area contributed by atoms with Gasteiger partial charge in [-0.1, -0.05) is 70.4 Å². The zero-order chi connectivity index (χ0) is 17.9. The molecule has 2 atom stereocenters. The van der Waals surface area contributed by atoms with Crippen LogP contribution in [0.2, 0.25) is 0 Å². The SMILES string of the molecule is CCCCCCCCCCC/C=C/C[C@H](COCC(O)CO)OC. The van der Waals surface area contributed by atoms with Crippen molar-refractivity contribution < 1.29 is 19.7 Å². The van der Waals surface area contributed by atoms with Crippen molar-refractivity contribution in [2.24, 2.45) is 0 Å². The number of aliphatic hydroxyl groups excluding tert-OH is 2. The van der Waals surface area contributed by atoms with E-state index in [1.54, 1.807) is 7.11 Å². The zero-order valence-electron chi connectivity index (χ0n) is 15.9. The number of ether oxygens (including phenoxy) is 2. The van der Waals surface area contributed by atoms with E-state index < -0.39 is 6.10 Å². The summed E-state index contributed by atoms with van der Waals surface area (Å²) < 4.78 is 10.7. The van der Waals surface area contributed by atoms with E-state index in [0.29, 0.717) is 6.61 Å². The van der Waals surface area contributed by atoms with Crippen LogP contribution >= 0.6 is 0 Å². The van der Waals surface area contributed by atoms with Crippen molar-refractivity contribution in [3.63, 3.8) is 0 Å². The van der Waals surface area contributed by atoms with E-state index in [9.17, 15) is 5.11 Å². The Hall–Kier alpha value is -0.420. The summed E-state index contributed by atoms with van der Waals surface area (Å²) >= 11 is 0. The summed E-state index contributed by atoms with van der Waals surface area (Å²) in [5, 5.41) is 17.9. The molecule has 0 aromatic heterocycles. The number of rotatable bonds is 18. The first kappa shape index (κ1) is 23.6. The van der Waals surface area contributed by atoms with Gasteiger partial charge in [0.1, 0.15) is 6.10 Å². The molecule has 24 heavy (non-hydrogen) atoms. The molecule has 0 aliphatic rings. The van der Waals surface area contributed by atoms with Crippen molar-refractivity contribution in [3.8, 4) is 0 Å². The molecule has 0 fully saturated rings. The molecule has 0 aromatic carbocycles. The fourth-order valence-electron chi connectivity index (χ4n) is 2.56. The predicted molar refractivity (Wildman–Crippen MR) is 100 cm³/mol. The van der Waals surface area contributed by atoms with Crippen molar-refractivity contribution >= 4 is 0 Å². The predicted octanol–water partition coefficient (Wildman–Crippen LogP) is 4.24. The van der Waals surface area contributed by atoms with Crippen molar-refractivity contribution in [1.29, 1.82) is 0 Å². The van der Waals surface area contributed by atoms with Gasteiger partial charge in [-0.25, -0.2) is 0 Å². The minimum absolute atomic E-state index is 0.00950. The summed E-state index contributed by atoms with van der Waals surface area (Å²) in [6.45, 7) is 2.59. The largest absolute Gasteiger partial charge is 0.394 e. The fourth-order valence-corrected chi connectivity index (χ4v) is 2.56. The van der Waals surface area contributed by atoms with Crippen molar-refractivity contribution in [3.05, 3.63) is 12.2 Å². The van der Waals surface area contributed by atoms with Crippen LogP contribution in [0.5, 0.6) is 0 Å². The molecule has 0 aliphatic carbocycles. The monoisotopic (exact) mass is 344 g/mol. The molecule has 144 valence electrons. The van der Waals surface area contributed by atoms with Crippen LogP contribution in [0.3, 0.4) is 0 Å². The third kappa shape index (κ3) is 16.4. The number of hydrogen-bond acceptors (Lipinski definition) is 4. The van der Waals surface area contributed by atoms with Crippen molar-refractivity contribution in [1.82, 2.24) is 0 Å². The third-order valence-corrected chi connectivity index (χ3v) is 4.20. The van der Waals surface area contributed by atoms with Gasteiger partial charge in [-0.15, -0.1) is 0 Å². The van der Waals surface area contributed by atoms with E-state index in [2.05, 4.69) is 19.1 Å². The van der Waals surface area contributed by atoms with Crippen LogP contribution in [-0.2, 0) is 9.47 Å². The number of aliphatic hydroxyl groups is 2. The lowest BCUT2D eigenvalue weighted by Gasteiger charge is -2.15. The van der Waals surface area contributed by atoms with Gasteiger partial charge in [0, 0.05) is 7.11 Å². The number of allylic oxidation sites excluding steroid dienone is 1. The molecule has 0 radical (unpaired) electrons. The Balaban J connectivity index is 3.42. The highest BCUT2D eigenvalue weighted by molar-refractivity contribution is 4.84. The highest BCUT2D eigenvalue weighted by Crippen LogP contribution is 2.11. The van der Waals surface area contributed by atoms with Gasteiger partial charge in [0.15, 0.2) is 0 Å². The Kier molecular flexibility index (Phi) is 18.6. The topological polar surface area (TPSA) is 58.9 Å². The summed E-state index contributed by atoms with van der Waals surface area (Å²) in [4.78, 5) is 0. The highest BCUT2D eigenvalue weighted by Gasteiger charge is 2.07. The molecule has 1 unspecified atom stereocenters. The zero-order valence-corrected chi connectivity index (χ0v) is 15.9. The van der Waals surface area contributed by atoms with Gasteiger partial charge < -0.3 is 19.7 Å². The molecule has 0 saturated heterocycles. The van der Waals surface area contributed by atoms with Crippen LogP contribution in [0.1, 0.15) is 77.6 Å². The lowest BCUT2D eigenvalue weighted by Crippen LogP contribution is -2.24. The molecule has 0 amide bonds. The van der Waals surface area contributed by atoms with Gasteiger partial charge in [0.25, 0.3) is 0 Å². The Morgan fingerprint density at radius 1 is 0.875 bits per heavy atom. The van der Waals surface area contributed by atoms with E-state index >= 15 is 0 Å². The average Bonchev–Trinajstić information content (AvgIpc) is 2.60. The van der Waals surface area contributed by atoms with E-state index in [4.69, 9.17) is 14.6 Å². The second-order valence-electron chi connectivity index (χ2n) is 6.56. The van der Waals surface area contributed by atoms with E-state index in [1.165, 1.54) is 57.8 Å². The smallest absolute Gasteiger partial charge is 0.100 e. The number of unbranched alkanes of at least 4 members (excludes halogenated alkanes) is 9. The average molecular weight is 345 g/mol. The van der Waals surface area contributed by atoms with E-state index in [-0.39, 0.29) is 19.3 Å². The van der Waals surface area contributed by atoms with Gasteiger partial charge in [-0.3, -0.25) is 0 Å². The Bertz CT molecular complexity index is 268. The second-order valence-corrected chi connectivity index (χ2v) is 6.56. The van der Waals surface area contributed by atoms with Crippen molar-refractivity contribution in [2.45, 2.75) is 89.8 Å². The highest BCUT2D eigenvalue weighted by atomic mass is 16.5. The van der Waals surface area contributed by atoms with Crippen LogP contribution < -0.4 is 0 Å². The summed E-state index contributed by atoms with van der Waals surface area (Å²) in [6.07, 6.45) is 17.8. The Labute approximate surface area is 149 Å². The number of methoxy groups -OCH3 is 1. The Morgan fingerprint density at radius 2 is 1.50 bits per heavy atom. The summed E-state index contributed by atoms with van der Waals surface area (Å²) in [5.74, 6) is 0. The molecule has 0 heterocycles. The van der Waals surface area contributed by atoms with Gasteiger partial charge >= 0.3 is 0 Å². The molecular weight excluding hydrogens is 304 g/mol. The normalized spacial score (nSPS) is 14.3. The molecule has 0 spiro atoms. The molecule has 4 heteroatoms. The van der Waals surface area contributed by atoms with Crippen molar-refractivity contribution in [2.75, 3.05) is 26.9 Å². The molecule has 4 nitrogen and oxygen atoms in total. The van der Waals surface area contributed by atoms with Crippen LogP contribution in [-0.4, -0.2) is 49.4 Å². The van der Waals surface area contributed by atoms with E-state index in [0.717, 1.165) is 12.8 Å².